The molecule has 0 aliphatic carbocycles. The average Bonchev–Trinajstić information content (AvgIpc) is 2.75. The molecule has 0 fully saturated rings. The Balaban J connectivity index is 1.69. The molecule has 0 radical (unpaired) electrons. The van der Waals surface area contributed by atoms with Gasteiger partial charge in [0.15, 0.2) is 0 Å². The Labute approximate surface area is 171 Å². The Kier molecular flexibility index (Phi) is 5.26. The summed E-state index contributed by atoms with van der Waals surface area (Å²) in [5.74, 6) is -0.279. The molecule has 3 aromatic carbocycles. The third-order valence-electron chi connectivity index (χ3n) is 4.31. The van der Waals surface area contributed by atoms with Crippen molar-refractivity contribution in [3.05, 3.63) is 101 Å². The van der Waals surface area contributed by atoms with Crippen molar-refractivity contribution in [3.8, 4) is 11.3 Å². The number of hydrogen-bond donors (Lipinski definition) is 1. The summed E-state index contributed by atoms with van der Waals surface area (Å²) in [5.41, 5.74) is 6.52. The third kappa shape index (κ3) is 3.85. The van der Waals surface area contributed by atoms with Crippen LogP contribution in [0.4, 0.5) is 0 Å². The van der Waals surface area contributed by atoms with Crippen LogP contribution in [0.5, 0.6) is 0 Å². The van der Waals surface area contributed by atoms with Crippen LogP contribution in [0.25, 0.3) is 22.2 Å². The van der Waals surface area contributed by atoms with E-state index >= 15 is 0 Å². The van der Waals surface area contributed by atoms with Crippen LogP contribution >= 0.6 is 15.9 Å². The van der Waals surface area contributed by atoms with Crippen molar-refractivity contribution >= 4 is 39.0 Å². The van der Waals surface area contributed by atoms with Gasteiger partial charge in [0.25, 0.3) is 5.91 Å². The molecule has 0 atom stereocenters. The number of fused-ring (bicyclic) bond motifs is 1. The maximum atomic E-state index is 12.9. The minimum Gasteiger partial charge on any atom is -0.267 e. The number of hydrogen-bond acceptors (Lipinski definition) is 3. The molecule has 1 heterocycles. The number of amides is 1. The highest BCUT2D eigenvalue weighted by molar-refractivity contribution is 9.10. The van der Waals surface area contributed by atoms with Crippen LogP contribution in [0.1, 0.15) is 15.9 Å². The van der Waals surface area contributed by atoms with Crippen molar-refractivity contribution in [1.29, 1.82) is 0 Å². The molecule has 0 saturated carbocycles. The topological polar surface area (TPSA) is 54.4 Å². The van der Waals surface area contributed by atoms with Gasteiger partial charge < -0.3 is 0 Å². The molecule has 0 unspecified atom stereocenters. The largest absolute Gasteiger partial charge is 0.272 e. The fourth-order valence-corrected chi connectivity index (χ4v) is 3.31. The van der Waals surface area contributed by atoms with Crippen molar-refractivity contribution < 1.29 is 4.79 Å². The van der Waals surface area contributed by atoms with Crippen molar-refractivity contribution in [2.24, 2.45) is 5.10 Å². The van der Waals surface area contributed by atoms with E-state index in [0.29, 0.717) is 5.56 Å². The number of carbonyl (C=O) groups is 1. The number of benzene rings is 3. The molecule has 4 nitrogen and oxygen atoms in total. The highest BCUT2D eigenvalue weighted by Gasteiger charge is 2.13. The lowest BCUT2D eigenvalue weighted by Gasteiger charge is -2.09. The standard InChI is InChI=1S/C23H16BrN3O/c24-20-12-6-4-10-17(20)15-25-27-23(28)19-14-22(16-8-2-1-3-9-16)26-21-13-7-5-11-18(19)21/h1-15H,(H,27,28). The van der Waals surface area contributed by atoms with Gasteiger partial charge >= 0.3 is 0 Å². The molecule has 1 N–H and O–H groups in total. The van der Waals surface area contributed by atoms with E-state index in [1.807, 2.05) is 78.9 Å². The van der Waals surface area contributed by atoms with E-state index in [2.05, 4.69) is 26.5 Å². The summed E-state index contributed by atoms with van der Waals surface area (Å²) in [4.78, 5) is 17.6. The summed E-state index contributed by atoms with van der Waals surface area (Å²) >= 11 is 3.46. The van der Waals surface area contributed by atoms with Crippen LogP contribution in [0.3, 0.4) is 0 Å². The highest BCUT2D eigenvalue weighted by Crippen LogP contribution is 2.24. The van der Waals surface area contributed by atoms with Crippen LogP contribution in [0, 0.1) is 0 Å². The summed E-state index contributed by atoms with van der Waals surface area (Å²) in [6.07, 6.45) is 1.61. The van der Waals surface area contributed by atoms with Crippen LogP contribution in [0.2, 0.25) is 0 Å². The third-order valence-corrected chi connectivity index (χ3v) is 5.03. The van der Waals surface area contributed by atoms with Gasteiger partial charge in [0, 0.05) is 21.0 Å². The van der Waals surface area contributed by atoms with Crippen molar-refractivity contribution in [2.75, 3.05) is 0 Å². The zero-order valence-electron chi connectivity index (χ0n) is 14.8. The zero-order valence-corrected chi connectivity index (χ0v) is 16.4. The van der Waals surface area contributed by atoms with E-state index in [0.717, 1.165) is 32.2 Å². The molecule has 0 saturated heterocycles. The van der Waals surface area contributed by atoms with Gasteiger partial charge in [-0.15, -0.1) is 0 Å². The van der Waals surface area contributed by atoms with Gasteiger partial charge in [-0.1, -0.05) is 82.7 Å². The monoisotopic (exact) mass is 429 g/mol. The molecule has 136 valence electrons. The first kappa shape index (κ1) is 18.1. The maximum absolute atomic E-state index is 12.9. The predicted molar refractivity (Wildman–Crippen MR) is 116 cm³/mol. The molecule has 28 heavy (non-hydrogen) atoms. The van der Waals surface area contributed by atoms with E-state index in [1.165, 1.54) is 0 Å². The van der Waals surface area contributed by atoms with Crippen LogP contribution < -0.4 is 5.43 Å². The maximum Gasteiger partial charge on any atom is 0.272 e. The van der Waals surface area contributed by atoms with Gasteiger partial charge in [-0.3, -0.25) is 4.79 Å². The quantitative estimate of drug-likeness (QED) is 0.347. The van der Waals surface area contributed by atoms with Crippen LogP contribution in [-0.4, -0.2) is 17.1 Å². The Hall–Kier alpha value is -3.31. The van der Waals surface area contributed by atoms with E-state index in [4.69, 9.17) is 4.98 Å². The number of carbonyl (C=O) groups excluding carboxylic acids is 1. The summed E-state index contributed by atoms with van der Waals surface area (Å²) in [5, 5.41) is 4.90. The first-order valence-electron chi connectivity index (χ1n) is 8.75. The number of rotatable bonds is 4. The van der Waals surface area contributed by atoms with Crippen molar-refractivity contribution in [3.63, 3.8) is 0 Å². The molecular weight excluding hydrogens is 414 g/mol. The molecule has 4 rings (SSSR count). The van der Waals surface area contributed by atoms with E-state index in [1.54, 1.807) is 12.3 Å². The minimum atomic E-state index is -0.279. The van der Waals surface area contributed by atoms with Gasteiger partial charge in [-0.05, 0) is 18.2 Å². The number of hydrazone groups is 1. The molecule has 0 aliphatic rings. The van der Waals surface area contributed by atoms with Gasteiger partial charge in [-0.25, -0.2) is 10.4 Å². The van der Waals surface area contributed by atoms with E-state index in [9.17, 15) is 4.79 Å². The van der Waals surface area contributed by atoms with Crippen LogP contribution in [0.15, 0.2) is 94.5 Å². The molecule has 0 aliphatic heterocycles. The minimum absolute atomic E-state index is 0.279. The molecular formula is C23H16BrN3O. The number of pyridine rings is 1. The second-order valence-corrected chi connectivity index (χ2v) is 7.01. The normalized spacial score (nSPS) is 11.0. The number of nitrogens with zero attached hydrogens (tertiary/aromatic N) is 2. The lowest BCUT2D eigenvalue weighted by atomic mass is 10.0. The Morgan fingerprint density at radius 3 is 2.46 bits per heavy atom. The Morgan fingerprint density at radius 1 is 0.929 bits per heavy atom. The number of para-hydroxylation sites is 1. The molecule has 1 amide bonds. The molecule has 0 bridgehead atoms. The van der Waals surface area contributed by atoms with Gasteiger partial charge in [0.05, 0.1) is 23.0 Å². The average molecular weight is 430 g/mol. The molecule has 1 aromatic heterocycles. The first-order valence-corrected chi connectivity index (χ1v) is 9.55. The molecule has 0 spiro atoms. The van der Waals surface area contributed by atoms with E-state index < -0.39 is 0 Å². The summed E-state index contributed by atoms with van der Waals surface area (Å²) in [6, 6.07) is 26.9. The lowest BCUT2D eigenvalue weighted by molar-refractivity contribution is 0.0956. The fourth-order valence-electron chi connectivity index (χ4n) is 2.92. The second kappa shape index (κ2) is 8.15. The molecule has 4 aromatic rings. The number of aromatic nitrogens is 1. The Bertz CT molecular complexity index is 1170. The van der Waals surface area contributed by atoms with E-state index in [-0.39, 0.29) is 5.91 Å². The smallest absolute Gasteiger partial charge is 0.267 e. The van der Waals surface area contributed by atoms with Gasteiger partial charge in [0.1, 0.15) is 0 Å². The predicted octanol–water partition coefficient (Wildman–Crippen LogP) is 5.43. The van der Waals surface area contributed by atoms with Crippen LogP contribution in [-0.2, 0) is 0 Å². The summed E-state index contributed by atoms with van der Waals surface area (Å²) in [7, 11) is 0. The van der Waals surface area contributed by atoms with Gasteiger partial charge in [-0.2, -0.15) is 5.10 Å². The second-order valence-electron chi connectivity index (χ2n) is 6.16. The fraction of sp³-hybridized carbons (Fsp3) is 0. The molecule has 5 heteroatoms. The van der Waals surface area contributed by atoms with Gasteiger partial charge in [0.2, 0.25) is 0 Å². The summed E-state index contributed by atoms with van der Waals surface area (Å²) in [6.45, 7) is 0. The highest BCUT2D eigenvalue weighted by atomic mass is 79.9. The van der Waals surface area contributed by atoms with Crippen molar-refractivity contribution in [1.82, 2.24) is 10.4 Å². The van der Waals surface area contributed by atoms with Crippen molar-refractivity contribution in [2.45, 2.75) is 0 Å². The Morgan fingerprint density at radius 2 is 1.64 bits per heavy atom. The summed E-state index contributed by atoms with van der Waals surface area (Å²) < 4.78 is 0.911. The zero-order chi connectivity index (χ0) is 19.3. The SMILES string of the molecule is O=C(NN=Cc1ccccc1Br)c1cc(-c2ccccc2)nc2ccccc12. The lowest BCUT2D eigenvalue weighted by Crippen LogP contribution is -2.18. The first-order chi connectivity index (χ1) is 13.7. The number of halogens is 1. The number of nitrogens with one attached hydrogen (secondary N) is 1.